The summed E-state index contributed by atoms with van der Waals surface area (Å²) in [7, 11) is 0. The van der Waals surface area contributed by atoms with Crippen molar-refractivity contribution in [3.8, 4) is 0 Å². The van der Waals surface area contributed by atoms with Crippen molar-refractivity contribution in [1.82, 2.24) is 4.90 Å². The van der Waals surface area contributed by atoms with Crippen LogP contribution in [0.4, 0.5) is 0 Å². The van der Waals surface area contributed by atoms with E-state index in [0.717, 1.165) is 17.4 Å². The Morgan fingerprint density at radius 1 is 0.806 bits per heavy atom. The number of thioether (sulfide) groups is 1. The molecule has 2 aromatic rings. The van der Waals surface area contributed by atoms with E-state index in [-0.39, 0.29) is 31.0 Å². The third-order valence-corrected chi connectivity index (χ3v) is 7.61. The van der Waals surface area contributed by atoms with Crippen molar-refractivity contribution >= 4 is 28.3 Å². The van der Waals surface area contributed by atoms with Crippen LogP contribution in [0.2, 0.25) is 0 Å². The van der Waals surface area contributed by atoms with Crippen molar-refractivity contribution < 1.29 is 26.2 Å². The first kappa shape index (κ1) is 30.0. The molecule has 0 aromatic heterocycles. The summed E-state index contributed by atoms with van der Waals surface area (Å²) in [6.45, 7) is 17.5. The molecule has 1 aliphatic rings. The van der Waals surface area contributed by atoms with Crippen molar-refractivity contribution in [2.24, 2.45) is 0 Å². The van der Waals surface area contributed by atoms with Gasteiger partial charge in [0.1, 0.15) is 4.32 Å². The fourth-order valence-corrected chi connectivity index (χ4v) is 5.22. The summed E-state index contributed by atoms with van der Waals surface area (Å²) in [5.74, 6) is 0. The molecule has 0 unspecified atom stereocenters. The number of rotatable bonds is 3. The second kappa shape index (κ2) is 15.8. The standard InChI is InChI=1S/C15H25NS2.2C6H5.Zr/c1-8-16(9-2)14(17)18-15(7)12(5)10(3)11(4)13(15)6;2*1-2-4-6-5-3-1;/h8-9H2,1-7H3;2*1-5H;/q;2*-1;+2. The van der Waals surface area contributed by atoms with E-state index in [1.54, 1.807) is 0 Å². The van der Waals surface area contributed by atoms with E-state index >= 15 is 0 Å². The second-order valence-corrected chi connectivity index (χ2v) is 9.28. The molecule has 0 saturated carbocycles. The molecule has 4 heteroatoms. The third-order valence-electron chi connectivity index (χ3n) is 5.65. The average molecular weight is 529 g/mol. The second-order valence-electron chi connectivity index (χ2n) is 7.23. The molecule has 0 heterocycles. The van der Waals surface area contributed by atoms with Gasteiger partial charge in [0.15, 0.2) is 0 Å². The molecule has 0 fully saturated rings. The molecule has 0 spiro atoms. The summed E-state index contributed by atoms with van der Waals surface area (Å²) in [6, 6.07) is 25.0. The zero-order valence-electron chi connectivity index (χ0n) is 20.0. The third kappa shape index (κ3) is 9.20. The van der Waals surface area contributed by atoms with Crippen LogP contribution in [-0.2, 0) is 26.2 Å². The summed E-state index contributed by atoms with van der Waals surface area (Å²) < 4.78 is 1.07. The molecule has 0 aliphatic heterocycles. The molecular formula is C27H35NS2Zr. The van der Waals surface area contributed by atoms with E-state index in [1.165, 1.54) is 22.3 Å². The molecule has 2 aromatic carbocycles. The predicted octanol–water partition coefficient (Wildman–Crippen LogP) is 7.76. The quantitative estimate of drug-likeness (QED) is 0.296. The van der Waals surface area contributed by atoms with E-state index in [1.807, 2.05) is 72.4 Å². The summed E-state index contributed by atoms with van der Waals surface area (Å²) in [6.07, 6.45) is 0. The minimum atomic E-state index is 0. The van der Waals surface area contributed by atoms with Gasteiger partial charge >= 0.3 is 26.2 Å². The molecule has 0 N–H and O–H groups in total. The first-order valence-electron chi connectivity index (χ1n) is 10.5. The Balaban J connectivity index is 0.000000559. The first-order valence-corrected chi connectivity index (χ1v) is 11.7. The smallest absolute Gasteiger partial charge is 0.358 e. The van der Waals surface area contributed by atoms with E-state index in [0.29, 0.717) is 0 Å². The van der Waals surface area contributed by atoms with E-state index in [4.69, 9.17) is 12.2 Å². The SMILES string of the molecule is CCN(CC)C(=S)SC1(C)C(C)=C(C)C(C)=C1C.[Zr+2].[c-]1ccccc1.[c-]1ccccc1. The van der Waals surface area contributed by atoms with Gasteiger partial charge in [-0.15, -0.1) is 0 Å². The summed E-state index contributed by atoms with van der Waals surface area (Å²) in [4.78, 5) is 2.26. The maximum absolute atomic E-state index is 5.61. The zero-order chi connectivity index (χ0) is 22.6. The van der Waals surface area contributed by atoms with Crippen molar-refractivity contribution in [2.75, 3.05) is 13.1 Å². The van der Waals surface area contributed by atoms with Gasteiger partial charge in [-0.1, -0.05) is 24.0 Å². The van der Waals surface area contributed by atoms with Gasteiger partial charge < -0.3 is 4.90 Å². The van der Waals surface area contributed by atoms with Gasteiger partial charge in [-0.2, -0.15) is 72.8 Å². The van der Waals surface area contributed by atoms with E-state index in [2.05, 4.69) is 65.5 Å². The van der Waals surface area contributed by atoms with Crippen LogP contribution in [0.5, 0.6) is 0 Å². The average Bonchev–Trinajstić information content (AvgIpc) is 2.93. The van der Waals surface area contributed by atoms with Crippen LogP contribution in [0.25, 0.3) is 0 Å². The number of allylic oxidation sites excluding steroid dienone is 2. The summed E-state index contributed by atoms with van der Waals surface area (Å²) in [5.41, 5.74) is 5.78. The Morgan fingerprint density at radius 2 is 1.16 bits per heavy atom. The number of nitrogens with zero attached hydrogens (tertiary/aromatic N) is 1. The Hall–Kier alpha value is -0.957. The summed E-state index contributed by atoms with van der Waals surface area (Å²) in [5, 5.41) is 0. The fraction of sp³-hybridized carbons (Fsp3) is 0.370. The van der Waals surface area contributed by atoms with Crippen LogP contribution >= 0.6 is 24.0 Å². The molecule has 1 nitrogen and oxygen atoms in total. The van der Waals surface area contributed by atoms with Gasteiger partial charge in [0.2, 0.25) is 0 Å². The molecule has 0 saturated heterocycles. The van der Waals surface area contributed by atoms with Crippen molar-refractivity contribution in [3.05, 3.63) is 95.1 Å². The molecule has 3 rings (SSSR count). The molecular weight excluding hydrogens is 494 g/mol. The van der Waals surface area contributed by atoms with Gasteiger partial charge in [0.25, 0.3) is 0 Å². The normalized spacial score (nSPS) is 13.9. The Morgan fingerprint density at radius 3 is 1.39 bits per heavy atom. The molecule has 31 heavy (non-hydrogen) atoms. The van der Waals surface area contributed by atoms with Crippen molar-refractivity contribution in [2.45, 2.75) is 53.2 Å². The minimum absolute atomic E-state index is 0. The summed E-state index contributed by atoms with van der Waals surface area (Å²) >= 11 is 7.44. The largest absolute Gasteiger partial charge is 2.00 e. The maximum atomic E-state index is 5.61. The Labute approximate surface area is 219 Å². The number of hydrogen-bond acceptors (Lipinski definition) is 2. The van der Waals surface area contributed by atoms with Gasteiger partial charge in [0.05, 0.1) is 4.75 Å². The van der Waals surface area contributed by atoms with Gasteiger partial charge in [0, 0.05) is 13.1 Å². The van der Waals surface area contributed by atoms with E-state index in [9.17, 15) is 0 Å². The molecule has 0 amide bonds. The van der Waals surface area contributed by atoms with Crippen LogP contribution in [0.15, 0.2) is 83.0 Å². The van der Waals surface area contributed by atoms with Gasteiger partial charge in [-0.25, -0.2) is 0 Å². The topological polar surface area (TPSA) is 3.24 Å². The Kier molecular flexibility index (Phi) is 15.3. The van der Waals surface area contributed by atoms with E-state index < -0.39 is 0 Å². The molecule has 0 bridgehead atoms. The van der Waals surface area contributed by atoms with Crippen LogP contribution in [0.3, 0.4) is 0 Å². The van der Waals surface area contributed by atoms with Crippen LogP contribution < -0.4 is 0 Å². The number of hydrogen-bond donors (Lipinski definition) is 0. The van der Waals surface area contributed by atoms with Crippen molar-refractivity contribution in [3.63, 3.8) is 0 Å². The predicted molar refractivity (Wildman–Crippen MR) is 139 cm³/mol. The number of thiocarbonyl (C=S) groups is 1. The molecule has 164 valence electrons. The van der Waals surface area contributed by atoms with Gasteiger partial charge in [-0.05, 0) is 70.8 Å². The van der Waals surface area contributed by atoms with Crippen LogP contribution in [0.1, 0.15) is 48.5 Å². The van der Waals surface area contributed by atoms with Gasteiger partial charge in [-0.3, -0.25) is 0 Å². The molecule has 0 radical (unpaired) electrons. The Bertz CT molecular complexity index is 716. The molecule has 1 aliphatic carbocycles. The fourth-order valence-electron chi connectivity index (χ4n) is 3.12. The molecule has 0 atom stereocenters. The minimum Gasteiger partial charge on any atom is -0.358 e. The van der Waals surface area contributed by atoms with Crippen molar-refractivity contribution in [1.29, 1.82) is 0 Å². The number of benzene rings is 2. The van der Waals surface area contributed by atoms with Crippen LogP contribution in [0, 0.1) is 12.1 Å². The first-order chi connectivity index (χ1) is 14.3. The van der Waals surface area contributed by atoms with Crippen LogP contribution in [-0.4, -0.2) is 27.1 Å². The monoisotopic (exact) mass is 527 g/mol. The zero-order valence-corrected chi connectivity index (χ0v) is 24.0. The maximum Gasteiger partial charge on any atom is 2.00 e.